The second-order valence-electron chi connectivity index (χ2n) is 8.10. The Morgan fingerprint density at radius 3 is 2.79 bits per heavy atom. The lowest BCUT2D eigenvalue weighted by molar-refractivity contribution is 0.0933. The van der Waals surface area contributed by atoms with E-state index in [9.17, 15) is 9.59 Å². The standard InChI is InChI=1S/C25H26N6O3/c1-17-16-30-23(22(15-28-30)24(32)29-20-5-3-4-19(12-20)13-26)25(33)31(17)21-8-6-18(7-9-21)14-27-10-11-34-2/h3-9,12,15,17,27H,10-11,14,16H2,1-2H3,(H,29,32)/t17-/m0/s1. The highest BCUT2D eigenvalue weighted by atomic mass is 16.5. The minimum atomic E-state index is -0.448. The maximum Gasteiger partial charge on any atom is 0.277 e. The molecule has 2 heterocycles. The van der Waals surface area contributed by atoms with Gasteiger partial charge in [0.25, 0.3) is 11.8 Å². The van der Waals surface area contributed by atoms with E-state index < -0.39 is 5.91 Å². The van der Waals surface area contributed by atoms with Gasteiger partial charge in [-0.05, 0) is 42.8 Å². The molecule has 3 aromatic rings. The number of anilines is 2. The molecule has 2 aromatic carbocycles. The number of ether oxygens (including phenoxy) is 1. The normalized spacial score (nSPS) is 15.0. The number of benzene rings is 2. The summed E-state index contributed by atoms with van der Waals surface area (Å²) in [7, 11) is 1.67. The van der Waals surface area contributed by atoms with Crippen LogP contribution < -0.4 is 15.5 Å². The van der Waals surface area contributed by atoms with E-state index in [0.29, 0.717) is 30.9 Å². The number of rotatable bonds is 8. The first-order valence-corrected chi connectivity index (χ1v) is 11.0. The zero-order chi connectivity index (χ0) is 24.1. The number of nitrogens with zero attached hydrogens (tertiary/aromatic N) is 4. The summed E-state index contributed by atoms with van der Waals surface area (Å²) in [5.41, 5.74) is 3.22. The molecule has 0 radical (unpaired) electrons. The quantitative estimate of drug-likeness (QED) is 0.502. The van der Waals surface area contributed by atoms with Gasteiger partial charge < -0.3 is 20.3 Å². The molecule has 0 bridgehead atoms. The Morgan fingerprint density at radius 1 is 1.26 bits per heavy atom. The van der Waals surface area contributed by atoms with E-state index in [0.717, 1.165) is 17.8 Å². The Bertz CT molecular complexity index is 1230. The van der Waals surface area contributed by atoms with E-state index >= 15 is 0 Å². The Kier molecular flexibility index (Phi) is 7.01. The summed E-state index contributed by atoms with van der Waals surface area (Å²) < 4.78 is 6.62. The van der Waals surface area contributed by atoms with Gasteiger partial charge in [-0.3, -0.25) is 14.3 Å². The molecule has 174 valence electrons. The number of carbonyl (C=O) groups excluding carboxylic acids is 2. The lowest BCUT2D eigenvalue weighted by Crippen LogP contribution is -2.47. The minimum absolute atomic E-state index is 0.131. The number of hydrogen-bond donors (Lipinski definition) is 2. The Labute approximate surface area is 197 Å². The molecule has 0 saturated carbocycles. The fourth-order valence-corrected chi connectivity index (χ4v) is 3.98. The van der Waals surface area contributed by atoms with Crippen molar-refractivity contribution < 1.29 is 14.3 Å². The molecular formula is C25H26N6O3. The van der Waals surface area contributed by atoms with Crippen molar-refractivity contribution in [2.75, 3.05) is 30.5 Å². The van der Waals surface area contributed by atoms with Gasteiger partial charge in [-0.15, -0.1) is 0 Å². The number of nitrogens with one attached hydrogen (secondary N) is 2. The third-order valence-electron chi connectivity index (χ3n) is 5.66. The Morgan fingerprint density at radius 2 is 2.06 bits per heavy atom. The first-order valence-electron chi connectivity index (χ1n) is 11.0. The maximum absolute atomic E-state index is 13.5. The van der Waals surface area contributed by atoms with Gasteiger partial charge >= 0.3 is 0 Å². The summed E-state index contributed by atoms with van der Waals surface area (Å²) in [6.07, 6.45) is 1.42. The second-order valence-corrected chi connectivity index (χ2v) is 8.10. The van der Waals surface area contributed by atoms with Crippen LogP contribution in [0.1, 0.15) is 38.9 Å². The largest absolute Gasteiger partial charge is 0.383 e. The average Bonchev–Trinajstić information content (AvgIpc) is 3.27. The lowest BCUT2D eigenvalue weighted by Gasteiger charge is -2.34. The monoisotopic (exact) mass is 458 g/mol. The molecule has 4 rings (SSSR count). The number of carbonyl (C=O) groups is 2. The van der Waals surface area contributed by atoms with Crippen LogP contribution in [-0.2, 0) is 17.8 Å². The molecule has 1 aliphatic rings. The minimum Gasteiger partial charge on any atom is -0.383 e. The van der Waals surface area contributed by atoms with Crippen molar-refractivity contribution in [1.82, 2.24) is 15.1 Å². The van der Waals surface area contributed by atoms with Crippen molar-refractivity contribution in [2.45, 2.75) is 26.1 Å². The molecular weight excluding hydrogens is 432 g/mol. The van der Waals surface area contributed by atoms with Crippen LogP contribution in [0.4, 0.5) is 11.4 Å². The van der Waals surface area contributed by atoms with Crippen LogP contribution in [-0.4, -0.2) is 47.9 Å². The molecule has 34 heavy (non-hydrogen) atoms. The van der Waals surface area contributed by atoms with Crippen molar-refractivity contribution in [3.63, 3.8) is 0 Å². The molecule has 1 atom stereocenters. The van der Waals surface area contributed by atoms with Crippen LogP contribution in [0.5, 0.6) is 0 Å². The molecule has 0 aliphatic carbocycles. The van der Waals surface area contributed by atoms with Crippen LogP contribution in [0.25, 0.3) is 0 Å². The third kappa shape index (κ3) is 4.83. The van der Waals surface area contributed by atoms with Gasteiger partial charge in [-0.2, -0.15) is 10.4 Å². The van der Waals surface area contributed by atoms with Gasteiger partial charge in [0.1, 0.15) is 5.69 Å². The highest BCUT2D eigenvalue weighted by Gasteiger charge is 2.35. The zero-order valence-electron chi connectivity index (χ0n) is 19.1. The summed E-state index contributed by atoms with van der Waals surface area (Å²) in [6, 6.07) is 16.3. The lowest BCUT2D eigenvalue weighted by atomic mass is 10.1. The smallest absolute Gasteiger partial charge is 0.277 e. The van der Waals surface area contributed by atoms with Crippen molar-refractivity contribution in [1.29, 1.82) is 5.26 Å². The van der Waals surface area contributed by atoms with Crippen LogP contribution in [0.15, 0.2) is 54.7 Å². The number of nitriles is 1. The van der Waals surface area contributed by atoms with Crippen molar-refractivity contribution in [2.24, 2.45) is 0 Å². The van der Waals surface area contributed by atoms with Gasteiger partial charge in [-0.1, -0.05) is 18.2 Å². The van der Waals surface area contributed by atoms with Gasteiger partial charge in [-0.25, -0.2) is 0 Å². The predicted octanol–water partition coefficient (Wildman–Crippen LogP) is 2.79. The van der Waals surface area contributed by atoms with Gasteiger partial charge in [0.05, 0.1) is 42.6 Å². The van der Waals surface area contributed by atoms with Crippen LogP contribution in [0.3, 0.4) is 0 Å². The number of amides is 2. The summed E-state index contributed by atoms with van der Waals surface area (Å²) in [5.74, 6) is -0.727. The van der Waals surface area contributed by atoms with Gasteiger partial charge in [0.15, 0.2) is 0 Å². The fourth-order valence-electron chi connectivity index (χ4n) is 3.98. The van der Waals surface area contributed by atoms with Crippen molar-refractivity contribution in [3.8, 4) is 6.07 Å². The summed E-state index contributed by atoms with van der Waals surface area (Å²) >= 11 is 0. The van der Waals surface area contributed by atoms with E-state index in [-0.39, 0.29) is 23.2 Å². The molecule has 2 N–H and O–H groups in total. The highest BCUT2D eigenvalue weighted by Crippen LogP contribution is 2.27. The fraction of sp³-hybridized carbons (Fsp3) is 0.280. The summed E-state index contributed by atoms with van der Waals surface area (Å²) in [5, 5.41) is 19.4. The molecule has 0 saturated heterocycles. The SMILES string of the molecule is COCCNCc1ccc(N2C(=O)c3c(C(=O)Nc4cccc(C#N)c4)cnn3C[C@@H]2C)cc1. The van der Waals surface area contributed by atoms with Gasteiger partial charge in [0, 0.05) is 31.6 Å². The Balaban J connectivity index is 1.53. The predicted molar refractivity (Wildman–Crippen MR) is 128 cm³/mol. The Hall–Kier alpha value is -4.00. The molecule has 0 fully saturated rings. The summed E-state index contributed by atoms with van der Waals surface area (Å²) in [4.78, 5) is 28.2. The van der Waals surface area contributed by atoms with E-state index in [4.69, 9.17) is 10.00 Å². The molecule has 0 unspecified atom stereocenters. The molecule has 0 spiro atoms. The molecule has 2 amide bonds. The molecule has 9 nitrogen and oxygen atoms in total. The maximum atomic E-state index is 13.5. The number of fused-ring (bicyclic) bond motifs is 1. The number of hydrogen-bond acceptors (Lipinski definition) is 6. The van der Waals surface area contributed by atoms with E-state index in [2.05, 4.69) is 15.7 Å². The van der Waals surface area contributed by atoms with Crippen molar-refractivity contribution in [3.05, 3.63) is 77.1 Å². The van der Waals surface area contributed by atoms with E-state index in [1.807, 2.05) is 37.3 Å². The zero-order valence-corrected chi connectivity index (χ0v) is 19.1. The van der Waals surface area contributed by atoms with E-state index in [1.54, 1.807) is 41.0 Å². The average molecular weight is 459 g/mol. The highest BCUT2D eigenvalue weighted by molar-refractivity contribution is 6.15. The van der Waals surface area contributed by atoms with E-state index in [1.165, 1.54) is 6.20 Å². The number of aromatic nitrogens is 2. The third-order valence-corrected chi connectivity index (χ3v) is 5.66. The van der Waals surface area contributed by atoms with Crippen LogP contribution in [0, 0.1) is 11.3 Å². The first kappa shape index (κ1) is 23.2. The van der Waals surface area contributed by atoms with Gasteiger partial charge in [0.2, 0.25) is 0 Å². The van der Waals surface area contributed by atoms with Crippen LogP contribution in [0.2, 0.25) is 0 Å². The number of methoxy groups -OCH3 is 1. The van der Waals surface area contributed by atoms with Crippen LogP contribution >= 0.6 is 0 Å². The molecule has 1 aliphatic heterocycles. The van der Waals surface area contributed by atoms with Crippen molar-refractivity contribution >= 4 is 23.2 Å². The summed E-state index contributed by atoms with van der Waals surface area (Å²) in [6.45, 7) is 4.53. The first-order chi connectivity index (χ1) is 16.5. The molecule has 1 aromatic heterocycles. The molecule has 9 heteroatoms. The second kappa shape index (κ2) is 10.3. The topological polar surface area (TPSA) is 112 Å².